The summed E-state index contributed by atoms with van der Waals surface area (Å²) in [6, 6.07) is 0. The second-order valence-electron chi connectivity index (χ2n) is 3.95. The number of hydrogen-bond acceptors (Lipinski definition) is 8. The maximum absolute atomic E-state index is 11.7. The molecule has 1 aliphatic rings. The van der Waals surface area contributed by atoms with Crippen LogP contribution in [0.15, 0.2) is 0 Å². The van der Waals surface area contributed by atoms with Crippen molar-refractivity contribution in [3.05, 3.63) is 0 Å². The van der Waals surface area contributed by atoms with Crippen molar-refractivity contribution in [2.75, 3.05) is 19.8 Å². The van der Waals surface area contributed by atoms with Gasteiger partial charge in [0.2, 0.25) is 6.29 Å². The van der Waals surface area contributed by atoms with E-state index in [4.69, 9.17) is 24.8 Å². The molecule has 0 saturated carbocycles. The molecule has 0 aromatic rings. The highest BCUT2D eigenvalue weighted by atomic mass is 16.7. The van der Waals surface area contributed by atoms with Crippen LogP contribution in [0, 0.1) is 0 Å². The molecule has 2 atom stereocenters. The highest BCUT2D eigenvalue weighted by molar-refractivity contribution is 6.03. The lowest BCUT2D eigenvalue weighted by atomic mass is 10.1. The molecule has 0 spiro atoms. The summed E-state index contributed by atoms with van der Waals surface area (Å²) < 4.78 is 14.3. The van der Waals surface area contributed by atoms with Gasteiger partial charge in [0.05, 0.1) is 19.8 Å². The average molecular weight is 280 g/mol. The first-order valence-electron chi connectivity index (χ1n) is 5.59. The predicted molar refractivity (Wildman–Crippen MR) is 56.7 cm³/mol. The van der Waals surface area contributed by atoms with Crippen LogP contribution in [0.5, 0.6) is 0 Å². The van der Waals surface area contributed by atoms with Crippen molar-refractivity contribution in [1.29, 1.82) is 0 Å². The zero-order chi connectivity index (χ0) is 14.5. The Balaban J connectivity index is 2.60. The molecule has 1 saturated heterocycles. The monoisotopic (exact) mass is 280 g/mol. The van der Waals surface area contributed by atoms with E-state index in [9.17, 15) is 14.7 Å². The smallest absolute Gasteiger partial charge is 0.355 e. The van der Waals surface area contributed by atoms with E-state index in [1.807, 2.05) is 0 Å². The highest BCUT2D eigenvalue weighted by Gasteiger charge is 2.52. The Morgan fingerprint density at radius 2 is 1.89 bits per heavy atom. The van der Waals surface area contributed by atoms with Crippen LogP contribution >= 0.6 is 0 Å². The number of carbonyl (C=O) groups is 2. The molecule has 9 heteroatoms. The molecule has 1 fully saturated rings. The molecule has 110 valence electrons. The third-order valence-electron chi connectivity index (χ3n) is 2.47. The van der Waals surface area contributed by atoms with E-state index >= 15 is 0 Å². The van der Waals surface area contributed by atoms with E-state index < -0.39 is 36.7 Å². The average Bonchev–Trinajstić information content (AvgIpc) is 2.36. The van der Waals surface area contributed by atoms with Crippen LogP contribution in [0.1, 0.15) is 12.8 Å². The number of esters is 1. The fraction of sp³-hybridized carbons (Fsp3) is 0.800. The number of carbonyl (C=O) groups excluding carboxylic acids is 1. The van der Waals surface area contributed by atoms with Crippen molar-refractivity contribution in [2.24, 2.45) is 0 Å². The Labute approximate surface area is 108 Å². The SMILES string of the molecule is O=C(O)C1(C(=O)OC(O)CCC(O)O)COCCO1. The highest BCUT2D eigenvalue weighted by Crippen LogP contribution is 2.20. The Bertz CT molecular complexity index is 321. The summed E-state index contributed by atoms with van der Waals surface area (Å²) >= 11 is 0. The van der Waals surface area contributed by atoms with Crippen LogP contribution in [-0.4, -0.2) is 70.4 Å². The molecule has 1 aliphatic heterocycles. The summed E-state index contributed by atoms with van der Waals surface area (Å²) in [5.41, 5.74) is -2.29. The second-order valence-corrected chi connectivity index (χ2v) is 3.95. The fourth-order valence-corrected chi connectivity index (χ4v) is 1.43. The maximum Gasteiger partial charge on any atom is 0.355 e. The third kappa shape index (κ3) is 4.11. The van der Waals surface area contributed by atoms with Gasteiger partial charge < -0.3 is 34.6 Å². The second kappa shape index (κ2) is 6.78. The largest absolute Gasteiger partial charge is 0.479 e. The minimum absolute atomic E-state index is 0.0904. The van der Waals surface area contributed by atoms with Gasteiger partial charge in [-0.3, -0.25) is 0 Å². The molecule has 1 heterocycles. The van der Waals surface area contributed by atoms with Gasteiger partial charge in [0.15, 0.2) is 6.29 Å². The van der Waals surface area contributed by atoms with E-state index in [0.717, 1.165) is 0 Å². The molecular weight excluding hydrogens is 264 g/mol. The van der Waals surface area contributed by atoms with Gasteiger partial charge in [-0.15, -0.1) is 0 Å². The summed E-state index contributed by atoms with van der Waals surface area (Å²) in [4.78, 5) is 22.8. The number of rotatable bonds is 6. The number of ether oxygens (including phenoxy) is 3. The number of aliphatic carboxylic acids is 1. The van der Waals surface area contributed by atoms with E-state index in [1.54, 1.807) is 0 Å². The minimum atomic E-state index is -2.29. The molecule has 2 unspecified atom stereocenters. The van der Waals surface area contributed by atoms with E-state index in [0.29, 0.717) is 0 Å². The molecule has 0 aromatic carbocycles. The lowest BCUT2D eigenvalue weighted by molar-refractivity contribution is -0.223. The molecule has 4 N–H and O–H groups in total. The van der Waals surface area contributed by atoms with E-state index in [2.05, 4.69) is 4.74 Å². The van der Waals surface area contributed by atoms with Crippen LogP contribution in [0.2, 0.25) is 0 Å². The summed E-state index contributed by atoms with van der Waals surface area (Å²) in [5, 5.41) is 35.5. The van der Waals surface area contributed by atoms with Crippen molar-refractivity contribution >= 4 is 11.9 Å². The van der Waals surface area contributed by atoms with E-state index in [-0.39, 0.29) is 26.1 Å². The summed E-state index contributed by atoms with van der Waals surface area (Å²) in [6.07, 6.45) is -3.79. The van der Waals surface area contributed by atoms with Crippen molar-refractivity contribution in [2.45, 2.75) is 31.0 Å². The van der Waals surface area contributed by atoms with Gasteiger partial charge in [0.25, 0.3) is 5.60 Å². The number of hydrogen-bond donors (Lipinski definition) is 4. The lowest BCUT2D eigenvalue weighted by Gasteiger charge is -2.31. The van der Waals surface area contributed by atoms with Gasteiger partial charge in [0.1, 0.15) is 0 Å². The van der Waals surface area contributed by atoms with Crippen LogP contribution in [0.3, 0.4) is 0 Å². The first-order valence-corrected chi connectivity index (χ1v) is 5.59. The first kappa shape index (κ1) is 15.8. The van der Waals surface area contributed by atoms with Crippen LogP contribution < -0.4 is 0 Å². The zero-order valence-electron chi connectivity index (χ0n) is 10.0. The number of carboxylic acids is 1. The van der Waals surface area contributed by atoms with Gasteiger partial charge in [-0.2, -0.15) is 0 Å². The molecular formula is C10H16O9. The summed E-state index contributed by atoms with van der Waals surface area (Å²) in [7, 11) is 0. The lowest BCUT2D eigenvalue weighted by Crippen LogP contribution is -2.57. The Hall–Kier alpha value is -1.26. The molecule has 9 nitrogen and oxygen atoms in total. The van der Waals surface area contributed by atoms with Gasteiger partial charge in [-0.05, 0) is 0 Å². The van der Waals surface area contributed by atoms with Crippen molar-refractivity contribution in [3.8, 4) is 0 Å². The van der Waals surface area contributed by atoms with Crippen LogP contribution in [-0.2, 0) is 23.8 Å². The Kier molecular flexibility index (Phi) is 5.63. The molecule has 0 bridgehead atoms. The number of carboxylic acid groups (broad SMARTS) is 1. The van der Waals surface area contributed by atoms with Crippen molar-refractivity contribution < 1.29 is 44.2 Å². The third-order valence-corrected chi connectivity index (χ3v) is 2.47. The van der Waals surface area contributed by atoms with Crippen LogP contribution in [0.25, 0.3) is 0 Å². The Morgan fingerprint density at radius 3 is 2.37 bits per heavy atom. The maximum atomic E-state index is 11.7. The van der Waals surface area contributed by atoms with Crippen molar-refractivity contribution in [1.82, 2.24) is 0 Å². The summed E-state index contributed by atoms with van der Waals surface area (Å²) in [5.74, 6) is -2.87. The molecule has 0 radical (unpaired) electrons. The molecule has 0 amide bonds. The summed E-state index contributed by atoms with van der Waals surface area (Å²) in [6.45, 7) is -0.453. The van der Waals surface area contributed by atoms with Gasteiger partial charge in [0, 0.05) is 12.8 Å². The Morgan fingerprint density at radius 1 is 1.21 bits per heavy atom. The van der Waals surface area contributed by atoms with Gasteiger partial charge in [-0.1, -0.05) is 0 Å². The fourth-order valence-electron chi connectivity index (χ4n) is 1.43. The van der Waals surface area contributed by atoms with E-state index in [1.165, 1.54) is 0 Å². The topological polar surface area (TPSA) is 143 Å². The predicted octanol–water partition coefficient (Wildman–Crippen LogP) is -2.19. The zero-order valence-corrected chi connectivity index (χ0v) is 10.0. The first-order chi connectivity index (χ1) is 8.88. The number of aliphatic hydroxyl groups excluding tert-OH is 2. The van der Waals surface area contributed by atoms with Gasteiger partial charge in [-0.25, -0.2) is 9.59 Å². The molecule has 1 rings (SSSR count). The standard InChI is InChI=1S/C10H16O9/c11-6(12)1-2-7(13)19-9(16)10(8(14)15)5-17-3-4-18-10/h6-7,11-13H,1-5H2,(H,14,15). The van der Waals surface area contributed by atoms with Crippen molar-refractivity contribution in [3.63, 3.8) is 0 Å². The number of aliphatic hydroxyl groups is 3. The molecule has 0 aliphatic carbocycles. The molecule has 19 heavy (non-hydrogen) atoms. The van der Waals surface area contributed by atoms with Crippen LogP contribution in [0.4, 0.5) is 0 Å². The van der Waals surface area contributed by atoms with Gasteiger partial charge >= 0.3 is 11.9 Å². The molecule has 0 aromatic heterocycles. The minimum Gasteiger partial charge on any atom is -0.479 e. The quantitative estimate of drug-likeness (QED) is 0.242. The normalized spacial score (nSPS) is 25.1.